The second kappa shape index (κ2) is 6.83. The van der Waals surface area contributed by atoms with E-state index in [1.807, 2.05) is 24.5 Å². The molecule has 5 heteroatoms. The van der Waals surface area contributed by atoms with E-state index in [1.54, 1.807) is 6.20 Å². The number of aromatic nitrogens is 3. The summed E-state index contributed by atoms with van der Waals surface area (Å²) in [5, 5.41) is 19.9. The van der Waals surface area contributed by atoms with Gasteiger partial charge in [-0.15, -0.1) is 0 Å². The van der Waals surface area contributed by atoms with E-state index in [0.717, 1.165) is 23.2 Å². The summed E-state index contributed by atoms with van der Waals surface area (Å²) in [5.41, 5.74) is 3.23. The number of rotatable bonds is 6. The molecule has 1 atom stereocenters. The zero-order chi connectivity index (χ0) is 15.3. The van der Waals surface area contributed by atoms with Crippen LogP contribution in [0.3, 0.4) is 0 Å². The molecule has 0 bridgehead atoms. The lowest BCUT2D eigenvalue weighted by atomic mass is 9.85. The van der Waals surface area contributed by atoms with Crippen LogP contribution in [0, 0.1) is 5.41 Å². The third-order valence-electron chi connectivity index (χ3n) is 3.67. The molecule has 2 heterocycles. The van der Waals surface area contributed by atoms with Gasteiger partial charge >= 0.3 is 0 Å². The van der Waals surface area contributed by atoms with Crippen LogP contribution in [0.2, 0.25) is 0 Å². The summed E-state index contributed by atoms with van der Waals surface area (Å²) in [7, 11) is 0. The van der Waals surface area contributed by atoms with Gasteiger partial charge in [0.1, 0.15) is 0 Å². The van der Waals surface area contributed by atoms with Crippen molar-refractivity contribution in [1.29, 1.82) is 0 Å². The van der Waals surface area contributed by atoms with Gasteiger partial charge in [-0.1, -0.05) is 20.8 Å². The minimum absolute atomic E-state index is 0.0981. The Bertz CT molecular complexity index is 545. The van der Waals surface area contributed by atoms with E-state index in [0.29, 0.717) is 6.54 Å². The van der Waals surface area contributed by atoms with Crippen molar-refractivity contribution in [2.24, 2.45) is 5.41 Å². The molecule has 2 aromatic rings. The quantitative estimate of drug-likeness (QED) is 0.763. The Morgan fingerprint density at radius 3 is 2.76 bits per heavy atom. The molecule has 0 saturated carbocycles. The van der Waals surface area contributed by atoms with Crippen molar-refractivity contribution in [2.75, 3.05) is 6.61 Å². The monoisotopic (exact) mass is 288 g/mol. The lowest BCUT2D eigenvalue weighted by Crippen LogP contribution is -2.40. The van der Waals surface area contributed by atoms with Gasteiger partial charge in [-0.3, -0.25) is 10.1 Å². The summed E-state index contributed by atoms with van der Waals surface area (Å²) < 4.78 is 0. The summed E-state index contributed by atoms with van der Waals surface area (Å²) in [6.45, 7) is 7.44. The van der Waals surface area contributed by atoms with Gasteiger partial charge in [-0.25, -0.2) is 0 Å². The Morgan fingerprint density at radius 2 is 2.14 bits per heavy atom. The Balaban J connectivity index is 2.09. The van der Waals surface area contributed by atoms with Crippen molar-refractivity contribution in [1.82, 2.24) is 20.5 Å². The fraction of sp³-hybridized carbons (Fsp3) is 0.500. The SMILES string of the molecule is CC(C)(C)C(CCO)NCc1cn[nH]c1-c1cccnc1. The molecular formula is C16H24N4O. The maximum atomic E-state index is 9.22. The number of hydrogen-bond acceptors (Lipinski definition) is 4. The molecular weight excluding hydrogens is 264 g/mol. The molecule has 0 fully saturated rings. The number of hydrogen-bond donors (Lipinski definition) is 3. The van der Waals surface area contributed by atoms with E-state index in [-0.39, 0.29) is 18.1 Å². The maximum absolute atomic E-state index is 9.22. The van der Waals surface area contributed by atoms with Crippen molar-refractivity contribution < 1.29 is 5.11 Å². The molecule has 0 aliphatic carbocycles. The third-order valence-corrected chi connectivity index (χ3v) is 3.67. The van der Waals surface area contributed by atoms with Gasteiger partial charge in [0.25, 0.3) is 0 Å². The zero-order valence-corrected chi connectivity index (χ0v) is 12.9. The summed E-state index contributed by atoms with van der Waals surface area (Å²) in [6, 6.07) is 4.18. The van der Waals surface area contributed by atoms with Crippen molar-refractivity contribution in [3.63, 3.8) is 0 Å². The van der Waals surface area contributed by atoms with Gasteiger partial charge in [-0.05, 0) is 24.0 Å². The molecule has 3 N–H and O–H groups in total. The number of H-pyrrole nitrogens is 1. The predicted octanol–water partition coefficient (Wildman–Crippen LogP) is 2.36. The molecule has 2 rings (SSSR count). The Labute approximate surface area is 125 Å². The highest BCUT2D eigenvalue weighted by Gasteiger charge is 2.23. The highest BCUT2D eigenvalue weighted by molar-refractivity contribution is 5.61. The second-order valence-corrected chi connectivity index (χ2v) is 6.32. The maximum Gasteiger partial charge on any atom is 0.0710 e. The Hall–Kier alpha value is -1.72. The predicted molar refractivity (Wildman–Crippen MR) is 83.6 cm³/mol. The van der Waals surface area contributed by atoms with Crippen molar-refractivity contribution in [3.05, 3.63) is 36.3 Å². The summed E-state index contributed by atoms with van der Waals surface area (Å²) in [6.07, 6.45) is 6.16. The van der Waals surface area contributed by atoms with Crippen LogP contribution >= 0.6 is 0 Å². The van der Waals surface area contributed by atoms with E-state index in [4.69, 9.17) is 0 Å². The Morgan fingerprint density at radius 1 is 1.33 bits per heavy atom. The fourth-order valence-corrected chi connectivity index (χ4v) is 2.41. The number of nitrogens with zero attached hydrogens (tertiary/aromatic N) is 2. The lowest BCUT2D eigenvalue weighted by molar-refractivity contribution is 0.196. The molecule has 0 spiro atoms. The molecule has 1 unspecified atom stereocenters. The van der Waals surface area contributed by atoms with Crippen LogP contribution in [-0.2, 0) is 6.54 Å². The van der Waals surface area contributed by atoms with Gasteiger partial charge in [0.2, 0.25) is 0 Å². The van der Waals surface area contributed by atoms with Gasteiger partial charge < -0.3 is 10.4 Å². The molecule has 2 aromatic heterocycles. The summed E-state index contributed by atoms with van der Waals surface area (Å²) in [4.78, 5) is 4.14. The van der Waals surface area contributed by atoms with Gasteiger partial charge in [0.05, 0.1) is 11.9 Å². The van der Waals surface area contributed by atoms with Crippen LogP contribution in [0.15, 0.2) is 30.7 Å². The molecule has 21 heavy (non-hydrogen) atoms. The van der Waals surface area contributed by atoms with Crippen LogP contribution in [0.25, 0.3) is 11.3 Å². The zero-order valence-electron chi connectivity index (χ0n) is 12.9. The minimum Gasteiger partial charge on any atom is -0.396 e. The molecule has 0 aromatic carbocycles. The first kappa shape index (κ1) is 15.7. The van der Waals surface area contributed by atoms with Gasteiger partial charge in [-0.2, -0.15) is 5.10 Å². The van der Waals surface area contributed by atoms with Crippen LogP contribution < -0.4 is 5.32 Å². The largest absolute Gasteiger partial charge is 0.396 e. The molecule has 0 amide bonds. The first-order chi connectivity index (χ1) is 10.0. The van der Waals surface area contributed by atoms with Crippen molar-refractivity contribution in [3.8, 4) is 11.3 Å². The fourth-order valence-electron chi connectivity index (χ4n) is 2.41. The topological polar surface area (TPSA) is 73.8 Å². The number of aliphatic hydroxyl groups excluding tert-OH is 1. The molecule has 0 aliphatic rings. The average molecular weight is 288 g/mol. The number of pyridine rings is 1. The van der Waals surface area contributed by atoms with Crippen molar-refractivity contribution in [2.45, 2.75) is 39.8 Å². The highest BCUT2D eigenvalue weighted by Crippen LogP contribution is 2.24. The number of nitrogens with one attached hydrogen (secondary N) is 2. The summed E-state index contributed by atoms with van der Waals surface area (Å²) in [5.74, 6) is 0. The molecule has 0 radical (unpaired) electrons. The van der Waals surface area contributed by atoms with E-state index < -0.39 is 0 Å². The highest BCUT2D eigenvalue weighted by atomic mass is 16.3. The lowest BCUT2D eigenvalue weighted by Gasteiger charge is -2.31. The number of aromatic amines is 1. The van der Waals surface area contributed by atoms with E-state index in [2.05, 4.69) is 41.3 Å². The van der Waals surface area contributed by atoms with Crippen LogP contribution in [0.1, 0.15) is 32.8 Å². The second-order valence-electron chi connectivity index (χ2n) is 6.32. The van der Waals surface area contributed by atoms with Gasteiger partial charge in [0, 0.05) is 42.7 Å². The molecule has 0 aliphatic heterocycles. The first-order valence-corrected chi connectivity index (χ1v) is 7.29. The van der Waals surface area contributed by atoms with Gasteiger partial charge in [0.15, 0.2) is 0 Å². The standard InChI is InChI=1S/C16H24N4O/c1-16(2,3)14(6-8-21)18-10-13-11-19-20-15(13)12-5-4-7-17-9-12/h4-5,7,9,11,14,18,21H,6,8,10H2,1-3H3,(H,19,20). The third kappa shape index (κ3) is 4.12. The Kier molecular flexibility index (Phi) is 5.09. The smallest absolute Gasteiger partial charge is 0.0710 e. The number of aliphatic hydroxyl groups is 1. The van der Waals surface area contributed by atoms with Crippen LogP contribution in [0.5, 0.6) is 0 Å². The molecule has 0 saturated heterocycles. The van der Waals surface area contributed by atoms with E-state index >= 15 is 0 Å². The van der Waals surface area contributed by atoms with E-state index in [9.17, 15) is 5.11 Å². The normalized spacial score (nSPS) is 13.3. The average Bonchev–Trinajstić information content (AvgIpc) is 2.91. The van der Waals surface area contributed by atoms with Crippen molar-refractivity contribution >= 4 is 0 Å². The first-order valence-electron chi connectivity index (χ1n) is 7.29. The van der Waals surface area contributed by atoms with Crippen LogP contribution in [-0.4, -0.2) is 32.9 Å². The summed E-state index contributed by atoms with van der Waals surface area (Å²) >= 11 is 0. The van der Waals surface area contributed by atoms with E-state index in [1.165, 1.54) is 0 Å². The molecule has 114 valence electrons. The minimum atomic E-state index is 0.0981. The van der Waals surface area contributed by atoms with Crippen LogP contribution in [0.4, 0.5) is 0 Å². The molecule has 5 nitrogen and oxygen atoms in total.